The zero-order valence-corrected chi connectivity index (χ0v) is 11.4. The molecule has 0 aromatic heterocycles. The Hall–Kier alpha value is -1.55. The summed E-state index contributed by atoms with van der Waals surface area (Å²) in [6, 6.07) is 8.35. The van der Waals surface area contributed by atoms with Gasteiger partial charge in [-0.25, -0.2) is 0 Å². The molecule has 0 aliphatic carbocycles. The lowest BCUT2D eigenvalue weighted by atomic mass is 10.1. The summed E-state index contributed by atoms with van der Waals surface area (Å²) in [5.41, 5.74) is 7.51. The maximum atomic E-state index is 8.67. The van der Waals surface area contributed by atoms with Crippen molar-refractivity contribution in [2.75, 3.05) is 7.05 Å². The summed E-state index contributed by atoms with van der Waals surface area (Å²) in [4.78, 5) is 2.31. The van der Waals surface area contributed by atoms with Crippen LogP contribution in [0.4, 0.5) is 0 Å². The van der Waals surface area contributed by atoms with Crippen molar-refractivity contribution in [3.05, 3.63) is 35.4 Å². The van der Waals surface area contributed by atoms with E-state index in [-0.39, 0.29) is 5.84 Å². The molecule has 0 aliphatic rings. The number of hydrogen-bond donors (Lipinski definition) is 2. The van der Waals surface area contributed by atoms with Crippen LogP contribution >= 0.6 is 0 Å². The zero-order valence-electron chi connectivity index (χ0n) is 11.4. The Morgan fingerprint density at radius 3 is 2.83 bits per heavy atom. The Balaban J connectivity index is 2.73. The molecule has 1 unspecified atom stereocenters. The van der Waals surface area contributed by atoms with Crippen molar-refractivity contribution in [1.29, 1.82) is 0 Å². The molecule has 0 heterocycles. The van der Waals surface area contributed by atoms with Gasteiger partial charge in [-0.1, -0.05) is 36.7 Å². The standard InChI is InChI=1S/C14H23N3O/c1-4-6-11(2)17(3)10-12-7-5-8-13(9-12)14(15)16-18/h5,7-9,11,18H,4,6,10H2,1-3H3,(H2,15,16). The van der Waals surface area contributed by atoms with E-state index in [1.807, 2.05) is 18.2 Å². The minimum atomic E-state index is 0.154. The first-order chi connectivity index (χ1) is 8.58. The number of nitrogens with zero attached hydrogens (tertiary/aromatic N) is 2. The highest BCUT2D eigenvalue weighted by molar-refractivity contribution is 5.97. The van der Waals surface area contributed by atoms with Gasteiger partial charge in [0, 0.05) is 18.2 Å². The summed E-state index contributed by atoms with van der Waals surface area (Å²) in [7, 11) is 2.12. The molecule has 0 spiro atoms. The van der Waals surface area contributed by atoms with E-state index >= 15 is 0 Å². The average molecular weight is 249 g/mol. The number of rotatable bonds is 6. The number of amidine groups is 1. The van der Waals surface area contributed by atoms with Gasteiger partial charge in [-0.3, -0.25) is 4.90 Å². The van der Waals surface area contributed by atoms with Gasteiger partial charge < -0.3 is 10.9 Å². The van der Waals surface area contributed by atoms with Crippen LogP contribution in [0.5, 0.6) is 0 Å². The third-order valence-corrected chi connectivity index (χ3v) is 3.22. The Morgan fingerprint density at radius 2 is 2.22 bits per heavy atom. The van der Waals surface area contributed by atoms with E-state index in [1.54, 1.807) is 0 Å². The van der Waals surface area contributed by atoms with E-state index < -0.39 is 0 Å². The van der Waals surface area contributed by atoms with Crippen LogP contribution in [-0.4, -0.2) is 29.0 Å². The van der Waals surface area contributed by atoms with Crippen LogP contribution in [0.15, 0.2) is 29.4 Å². The quantitative estimate of drug-likeness (QED) is 0.352. The normalized spacial score (nSPS) is 13.9. The van der Waals surface area contributed by atoms with Crippen molar-refractivity contribution in [2.45, 2.75) is 39.3 Å². The number of benzene rings is 1. The smallest absolute Gasteiger partial charge is 0.170 e. The highest BCUT2D eigenvalue weighted by Gasteiger charge is 2.09. The molecule has 0 saturated heterocycles. The maximum absolute atomic E-state index is 8.67. The van der Waals surface area contributed by atoms with Gasteiger partial charge in [0.15, 0.2) is 5.84 Å². The summed E-state index contributed by atoms with van der Waals surface area (Å²) in [5.74, 6) is 0.154. The largest absolute Gasteiger partial charge is 0.409 e. The lowest BCUT2D eigenvalue weighted by Crippen LogP contribution is -2.28. The van der Waals surface area contributed by atoms with E-state index in [0.717, 1.165) is 12.1 Å². The average Bonchev–Trinajstić information content (AvgIpc) is 2.38. The molecule has 1 rings (SSSR count). The lowest BCUT2D eigenvalue weighted by Gasteiger charge is -2.24. The maximum Gasteiger partial charge on any atom is 0.170 e. The predicted molar refractivity (Wildman–Crippen MR) is 74.8 cm³/mol. The molecule has 4 heteroatoms. The first kappa shape index (κ1) is 14.5. The number of hydrogen-bond acceptors (Lipinski definition) is 3. The fourth-order valence-corrected chi connectivity index (χ4v) is 1.97. The molecule has 0 fully saturated rings. The SMILES string of the molecule is CCCC(C)N(C)Cc1cccc(/C(N)=N/O)c1. The second kappa shape index (κ2) is 7.01. The highest BCUT2D eigenvalue weighted by Crippen LogP contribution is 2.11. The van der Waals surface area contributed by atoms with Crippen molar-refractivity contribution >= 4 is 5.84 Å². The molecule has 1 atom stereocenters. The molecule has 1 aromatic rings. The van der Waals surface area contributed by atoms with Crippen LogP contribution < -0.4 is 5.73 Å². The predicted octanol–water partition coefficient (Wildman–Crippen LogP) is 2.40. The monoisotopic (exact) mass is 249 g/mol. The Morgan fingerprint density at radius 1 is 1.50 bits per heavy atom. The van der Waals surface area contributed by atoms with Crippen molar-refractivity contribution in [3.8, 4) is 0 Å². The second-order valence-corrected chi connectivity index (χ2v) is 4.74. The van der Waals surface area contributed by atoms with Crippen LogP contribution in [-0.2, 0) is 6.54 Å². The second-order valence-electron chi connectivity index (χ2n) is 4.74. The van der Waals surface area contributed by atoms with Gasteiger partial charge >= 0.3 is 0 Å². The fourth-order valence-electron chi connectivity index (χ4n) is 1.97. The molecule has 100 valence electrons. The molecular weight excluding hydrogens is 226 g/mol. The third-order valence-electron chi connectivity index (χ3n) is 3.22. The molecule has 3 N–H and O–H groups in total. The summed E-state index contributed by atoms with van der Waals surface area (Å²) in [6.45, 7) is 5.30. The Labute approximate surface area is 109 Å². The first-order valence-corrected chi connectivity index (χ1v) is 6.35. The molecule has 0 bridgehead atoms. The van der Waals surface area contributed by atoms with E-state index in [2.05, 4.69) is 37.0 Å². The molecule has 18 heavy (non-hydrogen) atoms. The van der Waals surface area contributed by atoms with Gasteiger partial charge in [0.2, 0.25) is 0 Å². The fraction of sp³-hybridized carbons (Fsp3) is 0.500. The minimum absolute atomic E-state index is 0.154. The molecule has 1 aromatic carbocycles. The van der Waals surface area contributed by atoms with E-state index in [9.17, 15) is 0 Å². The number of oxime groups is 1. The molecule has 0 radical (unpaired) electrons. The van der Waals surface area contributed by atoms with Gasteiger partial charge in [0.1, 0.15) is 0 Å². The summed E-state index contributed by atoms with van der Waals surface area (Å²) in [6.07, 6.45) is 2.38. The molecule has 4 nitrogen and oxygen atoms in total. The molecule has 0 aliphatic heterocycles. The number of nitrogens with two attached hydrogens (primary N) is 1. The van der Waals surface area contributed by atoms with Crippen LogP contribution in [0, 0.1) is 0 Å². The Bertz CT molecular complexity index is 404. The van der Waals surface area contributed by atoms with Gasteiger partial charge in [-0.05, 0) is 32.0 Å². The zero-order chi connectivity index (χ0) is 13.5. The molecule has 0 saturated carbocycles. The Kier molecular flexibility index (Phi) is 5.65. The van der Waals surface area contributed by atoms with Crippen LogP contribution in [0.1, 0.15) is 37.8 Å². The molecule has 0 amide bonds. The lowest BCUT2D eigenvalue weighted by molar-refractivity contribution is 0.237. The van der Waals surface area contributed by atoms with Crippen molar-refractivity contribution < 1.29 is 5.21 Å². The van der Waals surface area contributed by atoms with Gasteiger partial charge in [0.05, 0.1) is 0 Å². The van der Waals surface area contributed by atoms with Crippen LogP contribution in [0.2, 0.25) is 0 Å². The minimum Gasteiger partial charge on any atom is -0.409 e. The van der Waals surface area contributed by atoms with Crippen molar-refractivity contribution in [3.63, 3.8) is 0 Å². The first-order valence-electron chi connectivity index (χ1n) is 6.35. The summed E-state index contributed by atoms with van der Waals surface area (Å²) < 4.78 is 0. The van der Waals surface area contributed by atoms with E-state index in [0.29, 0.717) is 6.04 Å². The van der Waals surface area contributed by atoms with Crippen LogP contribution in [0.25, 0.3) is 0 Å². The van der Waals surface area contributed by atoms with Gasteiger partial charge in [-0.15, -0.1) is 0 Å². The van der Waals surface area contributed by atoms with Crippen molar-refractivity contribution in [2.24, 2.45) is 10.9 Å². The third kappa shape index (κ3) is 4.04. The van der Waals surface area contributed by atoms with E-state index in [4.69, 9.17) is 10.9 Å². The van der Waals surface area contributed by atoms with Crippen LogP contribution in [0.3, 0.4) is 0 Å². The highest BCUT2D eigenvalue weighted by atomic mass is 16.4. The van der Waals surface area contributed by atoms with E-state index in [1.165, 1.54) is 18.4 Å². The van der Waals surface area contributed by atoms with Crippen molar-refractivity contribution in [1.82, 2.24) is 4.90 Å². The summed E-state index contributed by atoms with van der Waals surface area (Å²) >= 11 is 0. The van der Waals surface area contributed by atoms with Gasteiger partial charge in [-0.2, -0.15) is 0 Å². The summed E-state index contributed by atoms with van der Waals surface area (Å²) in [5, 5.41) is 11.7. The van der Waals surface area contributed by atoms with Gasteiger partial charge in [0.25, 0.3) is 0 Å². The topological polar surface area (TPSA) is 61.8 Å². The molecular formula is C14H23N3O.